The van der Waals surface area contributed by atoms with E-state index >= 15 is 0 Å². The van der Waals surface area contributed by atoms with Crippen LogP contribution >= 0.6 is 11.6 Å². The molecule has 2 aromatic rings. The van der Waals surface area contributed by atoms with Gasteiger partial charge in [-0.05, 0) is 92.8 Å². The van der Waals surface area contributed by atoms with Crippen molar-refractivity contribution in [2.24, 2.45) is 23.2 Å². The Balaban J connectivity index is 1.12. The second-order valence-electron chi connectivity index (χ2n) is 11.6. The van der Waals surface area contributed by atoms with Crippen molar-refractivity contribution in [3.05, 3.63) is 46.6 Å². The maximum Gasteiger partial charge on any atom is 0.224 e. The molecule has 5 aliphatic rings. The normalized spacial score (nSPS) is 31.2. The molecule has 4 bridgehead atoms. The second-order valence-corrected chi connectivity index (χ2v) is 12.0. The van der Waals surface area contributed by atoms with Crippen LogP contribution in [0.3, 0.4) is 0 Å². The Bertz CT molecular complexity index is 1110. The van der Waals surface area contributed by atoms with Crippen LogP contribution in [0.2, 0.25) is 5.02 Å². The van der Waals surface area contributed by atoms with Gasteiger partial charge in [-0.25, -0.2) is 4.98 Å². The van der Waals surface area contributed by atoms with Gasteiger partial charge >= 0.3 is 0 Å². The maximum atomic E-state index is 9.68. The zero-order valence-electron chi connectivity index (χ0n) is 20.8. The average molecular weight is 506 g/mol. The second kappa shape index (κ2) is 10.2. The van der Waals surface area contributed by atoms with Crippen molar-refractivity contribution in [1.82, 2.24) is 20.6 Å². The van der Waals surface area contributed by atoms with Crippen molar-refractivity contribution in [2.45, 2.75) is 63.6 Å². The monoisotopic (exact) mass is 505 g/mol. The van der Waals surface area contributed by atoms with Gasteiger partial charge in [-0.3, -0.25) is 0 Å². The molecule has 5 fully saturated rings. The van der Waals surface area contributed by atoms with Crippen molar-refractivity contribution in [2.75, 3.05) is 30.3 Å². The van der Waals surface area contributed by atoms with E-state index in [2.05, 4.69) is 37.3 Å². The number of nitriles is 1. The van der Waals surface area contributed by atoms with Gasteiger partial charge in [0.15, 0.2) is 0 Å². The molecule has 4 N–H and O–H groups in total. The van der Waals surface area contributed by atoms with Gasteiger partial charge in [0.1, 0.15) is 17.5 Å². The van der Waals surface area contributed by atoms with E-state index in [0.717, 1.165) is 43.0 Å². The molecule has 1 aromatic carbocycles. The summed E-state index contributed by atoms with van der Waals surface area (Å²) in [5.41, 5.74) is 1.79. The van der Waals surface area contributed by atoms with E-state index in [1.807, 2.05) is 24.3 Å². The van der Waals surface area contributed by atoms with Crippen LogP contribution in [-0.4, -0.2) is 41.7 Å². The lowest BCUT2D eigenvalue weighted by molar-refractivity contribution is -0.0727. The highest BCUT2D eigenvalue weighted by atomic mass is 35.5. The largest absolute Gasteiger partial charge is 0.368 e. The molecule has 0 spiro atoms. The summed E-state index contributed by atoms with van der Waals surface area (Å²) in [6, 6.07) is 11.4. The van der Waals surface area contributed by atoms with Crippen LogP contribution in [-0.2, 0) is 6.54 Å². The molecule has 190 valence electrons. The van der Waals surface area contributed by atoms with Crippen molar-refractivity contribution >= 4 is 23.4 Å². The van der Waals surface area contributed by atoms with Gasteiger partial charge in [0.2, 0.25) is 5.95 Å². The molecule has 1 saturated heterocycles. The minimum absolute atomic E-state index is 0.311. The summed E-state index contributed by atoms with van der Waals surface area (Å²) in [6.45, 7) is 3.70. The van der Waals surface area contributed by atoms with E-state index in [1.54, 1.807) is 6.20 Å². The van der Waals surface area contributed by atoms with Gasteiger partial charge in [0, 0.05) is 30.2 Å². The predicted molar refractivity (Wildman–Crippen MR) is 143 cm³/mol. The lowest BCUT2D eigenvalue weighted by atomic mass is 9.48. The molecule has 0 amide bonds. The van der Waals surface area contributed by atoms with E-state index in [0.29, 0.717) is 46.4 Å². The number of aromatic nitrogens is 2. The number of benzene rings is 1. The molecule has 1 unspecified atom stereocenters. The Labute approximate surface area is 218 Å². The molecule has 4 aliphatic carbocycles. The molecule has 7 nitrogen and oxygen atoms in total. The fourth-order valence-electron chi connectivity index (χ4n) is 7.71. The van der Waals surface area contributed by atoms with Crippen LogP contribution in [0.25, 0.3) is 0 Å². The maximum absolute atomic E-state index is 9.68. The van der Waals surface area contributed by atoms with Gasteiger partial charge < -0.3 is 21.3 Å². The van der Waals surface area contributed by atoms with Crippen molar-refractivity contribution in [3.63, 3.8) is 0 Å². The summed E-state index contributed by atoms with van der Waals surface area (Å²) in [6.07, 6.45) is 10.7. The Kier molecular flexibility index (Phi) is 6.76. The highest BCUT2D eigenvalue weighted by molar-refractivity contribution is 6.31. The van der Waals surface area contributed by atoms with Crippen molar-refractivity contribution in [1.29, 1.82) is 5.26 Å². The first-order chi connectivity index (χ1) is 17.6. The fraction of sp³-hybridized carbons (Fsp3) is 0.607. The molecule has 4 saturated carbocycles. The number of hydrogen-bond donors (Lipinski definition) is 4. The number of hydrogen-bond acceptors (Lipinski definition) is 7. The average Bonchev–Trinajstić information content (AvgIpc) is 2.89. The third-order valence-corrected chi connectivity index (χ3v) is 9.47. The van der Waals surface area contributed by atoms with Crippen LogP contribution < -0.4 is 21.3 Å². The Morgan fingerprint density at radius 1 is 1.08 bits per heavy atom. The SMILES string of the molecule is N#Cc1cnc(NCc2ccccc2Cl)nc1NC[C@]12CC3C[C@H](C1)[C@@H](NC1CCNCC1)[C@@H](C3)C2. The molecular weight excluding hydrogens is 470 g/mol. The van der Waals surface area contributed by atoms with Crippen molar-refractivity contribution < 1.29 is 0 Å². The van der Waals surface area contributed by atoms with Crippen LogP contribution in [0.1, 0.15) is 56.1 Å². The highest BCUT2D eigenvalue weighted by Crippen LogP contribution is 2.60. The zero-order chi connectivity index (χ0) is 24.5. The van der Waals surface area contributed by atoms with Gasteiger partial charge in [-0.2, -0.15) is 10.2 Å². The quantitative estimate of drug-likeness (QED) is 0.417. The number of nitrogens with zero attached hydrogens (tertiary/aromatic N) is 3. The molecule has 2 heterocycles. The van der Waals surface area contributed by atoms with Gasteiger partial charge in [0.25, 0.3) is 0 Å². The first-order valence-electron chi connectivity index (χ1n) is 13.6. The number of anilines is 2. The summed E-state index contributed by atoms with van der Waals surface area (Å²) in [7, 11) is 0. The number of piperidine rings is 1. The Morgan fingerprint density at radius 3 is 2.61 bits per heavy atom. The number of halogens is 1. The summed E-state index contributed by atoms with van der Waals surface area (Å²) >= 11 is 6.29. The van der Waals surface area contributed by atoms with E-state index in [9.17, 15) is 5.26 Å². The van der Waals surface area contributed by atoms with E-state index in [1.165, 1.54) is 44.9 Å². The van der Waals surface area contributed by atoms with Gasteiger partial charge in [-0.1, -0.05) is 29.8 Å². The molecular formula is C28H36ClN7. The summed E-state index contributed by atoms with van der Waals surface area (Å²) < 4.78 is 0. The Hall–Kier alpha value is -2.40. The molecule has 7 rings (SSSR count). The first-order valence-corrected chi connectivity index (χ1v) is 13.9. The Morgan fingerprint density at radius 2 is 1.86 bits per heavy atom. The topological polar surface area (TPSA) is 97.7 Å². The van der Waals surface area contributed by atoms with Crippen LogP contribution in [0.15, 0.2) is 30.5 Å². The molecule has 0 radical (unpaired) electrons. The predicted octanol–water partition coefficient (Wildman–Crippen LogP) is 4.56. The van der Waals surface area contributed by atoms with Crippen molar-refractivity contribution in [3.8, 4) is 6.07 Å². The number of rotatable bonds is 8. The minimum atomic E-state index is 0.311. The third kappa shape index (κ3) is 4.91. The van der Waals surface area contributed by atoms with Crippen LogP contribution in [0, 0.1) is 34.5 Å². The summed E-state index contributed by atoms with van der Waals surface area (Å²) in [4.78, 5) is 9.03. The smallest absolute Gasteiger partial charge is 0.224 e. The van der Waals surface area contributed by atoms with E-state index < -0.39 is 0 Å². The van der Waals surface area contributed by atoms with E-state index in [-0.39, 0.29) is 0 Å². The van der Waals surface area contributed by atoms with Gasteiger partial charge in [0.05, 0.1) is 6.20 Å². The zero-order valence-corrected chi connectivity index (χ0v) is 21.5. The molecule has 1 aromatic heterocycles. The molecule has 36 heavy (non-hydrogen) atoms. The standard InChI is InChI=1S/C28H36ClN7/c29-24-4-2-1-3-19(24)15-32-27-33-16-22(14-30)26(36-27)34-17-28-11-18-9-20(12-28)25(21(10-18)13-28)35-23-5-7-31-8-6-23/h1-4,16,18,20-21,23,25,31,35H,5-13,15,17H2,(H2,32,33,34,36)/t18?,20-,21+,25-,28-. The summed E-state index contributed by atoms with van der Waals surface area (Å²) in [5.74, 6) is 3.55. The molecule has 5 atom stereocenters. The van der Waals surface area contributed by atoms with Crippen LogP contribution in [0.4, 0.5) is 11.8 Å². The molecule has 8 heteroatoms. The number of nitrogens with one attached hydrogen (secondary N) is 4. The third-order valence-electron chi connectivity index (χ3n) is 9.10. The molecule has 1 aliphatic heterocycles. The van der Waals surface area contributed by atoms with Crippen LogP contribution in [0.5, 0.6) is 0 Å². The summed E-state index contributed by atoms with van der Waals surface area (Å²) in [5, 5.41) is 24.9. The first kappa shape index (κ1) is 24.0. The highest BCUT2D eigenvalue weighted by Gasteiger charge is 2.55. The van der Waals surface area contributed by atoms with E-state index in [4.69, 9.17) is 11.6 Å². The fourth-order valence-corrected chi connectivity index (χ4v) is 7.92. The lowest BCUT2D eigenvalue weighted by Crippen LogP contribution is -2.61. The lowest BCUT2D eigenvalue weighted by Gasteiger charge is -2.61. The van der Waals surface area contributed by atoms with Gasteiger partial charge in [-0.15, -0.1) is 0 Å². The minimum Gasteiger partial charge on any atom is -0.368 e.